The Morgan fingerprint density at radius 2 is 1.15 bits per heavy atom. The predicted octanol–water partition coefficient (Wildman–Crippen LogP) is 3.37. The van der Waals surface area contributed by atoms with Crippen molar-refractivity contribution in [3.8, 4) is 23.0 Å². The fourth-order valence-electron chi connectivity index (χ4n) is 2.20. The second-order valence-corrected chi connectivity index (χ2v) is 5.24. The lowest BCUT2D eigenvalue weighted by Crippen LogP contribution is -2.06. The van der Waals surface area contributed by atoms with Gasteiger partial charge in [0.2, 0.25) is 0 Å². The van der Waals surface area contributed by atoms with Crippen LogP contribution in [0.4, 0.5) is 11.4 Å². The van der Waals surface area contributed by atoms with Gasteiger partial charge in [0.25, 0.3) is 11.4 Å². The Labute approximate surface area is 154 Å². The zero-order valence-electron chi connectivity index (χ0n) is 14.7. The lowest BCUT2D eigenvalue weighted by atomic mass is 10.3. The molecule has 0 spiro atoms. The van der Waals surface area contributed by atoms with Crippen molar-refractivity contribution >= 4 is 11.4 Å². The van der Waals surface area contributed by atoms with Crippen LogP contribution in [0.2, 0.25) is 0 Å². The third-order valence-electron chi connectivity index (χ3n) is 3.52. The Balaban J connectivity index is 1.87. The molecular weight excluding hydrogens is 360 g/mol. The van der Waals surface area contributed by atoms with Gasteiger partial charge in [0.1, 0.15) is 0 Å². The summed E-state index contributed by atoms with van der Waals surface area (Å²) in [4.78, 5) is 20.5. The maximum atomic E-state index is 10.8. The summed E-state index contributed by atoms with van der Waals surface area (Å²) in [5, 5.41) is 21.5. The van der Waals surface area contributed by atoms with Crippen LogP contribution in [-0.4, -0.2) is 37.3 Å². The highest BCUT2D eigenvalue weighted by Crippen LogP contribution is 2.32. The van der Waals surface area contributed by atoms with E-state index in [1.54, 1.807) is 0 Å². The van der Waals surface area contributed by atoms with Crippen LogP contribution in [0.1, 0.15) is 6.42 Å². The molecule has 0 unspecified atom stereocenters. The van der Waals surface area contributed by atoms with E-state index in [0.29, 0.717) is 17.9 Å². The number of hydrogen-bond donors (Lipinski definition) is 0. The Kier molecular flexibility index (Phi) is 6.75. The molecule has 0 N–H and O–H groups in total. The highest BCUT2D eigenvalue weighted by molar-refractivity contribution is 5.49. The smallest absolute Gasteiger partial charge is 0.273 e. The Morgan fingerprint density at radius 3 is 1.48 bits per heavy atom. The number of nitro groups is 2. The molecule has 0 saturated carbocycles. The van der Waals surface area contributed by atoms with Crippen LogP contribution >= 0.6 is 0 Å². The van der Waals surface area contributed by atoms with E-state index in [0.717, 1.165) is 0 Å². The number of methoxy groups -OCH3 is 2. The number of nitrogens with zero attached hydrogens (tertiary/aromatic N) is 2. The van der Waals surface area contributed by atoms with Crippen LogP contribution in [0.25, 0.3) is 0 Å². The van der Waals surface area contributed by atoms with E-state index in [-0.39, 0.29) is 36.1 Å². The molecule has 2 aromatic rings. The normalized spacial score (nSPS) is 10.1. The lowest BCUT2D eigenvalue weighted by molar-refractivity contribution is -0.385. The van der Waals surface area contributed by atoms with E-state index >= 15 is 0 Å². The molecule has 0 bridgehead atoms. The monoisotopic (exact) mass is 378 g/mol. The predicted molar refractivity (Wildman–Crippen MR) is 94.9 cm³/mol. The first-order chi connectivity index (χ1) is 13.0. The van der Waals surface area contributed by atoms with Crippen LogP contribution in [0.3, 0.4) is 0 Å². The topological polar surface area (TPSA) is 123 Å². The molecule has 10 heteroatoms. The molecule has 144 valence electrons. The number of benzene rings is 2. The zero-order valence-corrected chi connectivity index (χ0v) is 14.7. The summed E-state index contributed by atoms with van der Waals surface area (Å²) < 4.78 is 21.3. The first-order valence-corrected chi connectivity index (χ1v) is 7.86. The van der Waals surface area contributed by atoms with Gasteiger partial charge in [-0.15, -0.1) is 0 Å². The number of rotatable bonds is 10. The van der Waals surface area contributed by atoms with Gasteiger partial charge in [-0.3, -0.25) is 20.2 Å². The Hall–Kier alpha value is -3.56. The molecule has 0 radical (unpaired) electrons. The van der Waals surface area contributed by atoms with Crippen molar-refractivity contribution < 1.29 is 28.8 Å². The van der Waals surface area contributed by atoms with Gasteiger partial charge in [0, 0.05) is 18.6 Å². The van der Waals surface area contributed by atoms with Gasteiger partial charge in [0.15, 0.2) is 23.0 Å². The quantitative estimate of drug-likeness (QED) is 0.350. The van der Waals surface area contributed by atoms with Gasteiger partial charge in [-0.2, -0.15) is 0 Å². The molecule has 2 aromatic carbocycles. The second-order valence-electron chi connectivity index (χ2n) is 5.24. The summed E-state index contributed by atoms with van der Waals surface area (Å²) in [7, 11) is 2.80. The summed E-state index contributed by atoms with van der Waals surface area (Å²) >= 11 is 0. The zero-order chi connectivity index (χ0) is 19.8. The van der Waals surface area contributed by atoms with Crippen LogP contribution in [0.15, 0.2) is 36.4 Å². The molecule has 0 heterocycles. The van der Waals surface area contributed by atoms with Gasteiger partial charge in [-0.25, -0.2) is 0 Å². The van der Waals surface area contributed by atoms with E-state index in [2.05, 4.69) is 0 Å². The summed E-state index contributed by atoms with van der Waals surface area (Å²) in [6, 6.07) is 8.17. The van der Waals surface area contributed by atoms with Crippen molar-refractivity contribution in [1.29, 1.82) is 0 Å². The molecule has 0 fully saturated rings. The largest absolute Gasteiger partial charge is 0.493 e. The van der Waals surface area contributed by atoms with Crippen LogP contribution in [0, 0.1) is 20.2 Å². The molecule has 0 atom stereocenters. The van der Waals surface area contributed by atoms with Gasteiger partial charge >= 0.3 is 0 Å². The van der Waals surface area contributed by atoms with E-state index in [9.17, 15) is 20.2 Å². The molecular formula is C17H18N2O8. The highest BCUT2D eigenvalue weighted by atomic mass is 16.6. The van der Waals surface area contributed by atoms with Crippen molar-refractivity contribution in [2.24, 2.45) is 0 Å². The fourth-order valence-corrected chi connectivity index (χ4v) is 2.20. The summed E-state index contributed by atoms with van der Waals surface area (Å²) in [6.07, 6.45) is 0.500. The molecule has 0 aliphatic heterocycles. The van der Waals surface area contributed by atoms with Crippen LogP contribution in [-0.2, 0) is 0 Å². The van der Waals surface area contributed by atoms with Crippen molar-refractivity contribution in [1.82, 2.24) is 0 Å². The van der Waals surface area contributed by atoms with Crippen molar-refractivity contribution in [3.63, 3.8) is 0 Å². The number of hydrogen-bond acceptors (Lipinski definition) is 8. The third kappa shape index (κ3) is 5.21. The van der Waals surface area contributed by atoms with Crippen LogP contribution in [0.5, 0.6) is 23.0 Å². The van der Waals surface area contributed by atoms with E-state index in [1.807, 2.05) is 0 Å². The summed E-state index contributed by atoms with van der Waals surface area (Å²) in [5.74, 6) is 1.30. The van der Waals surface area contributed by atoms with Gasteiger partial charge < -0.3 is 18.9 Å². The summed E-state index contributed by atoms with van der Waals surface area (Å²) in [6.45, 7) is 0.562. The number of ether oxygens (including phenoxy) is 4. The molecule has 2 rings (SSSR count). The maximum absolute atomic E-state index is 10.8. The molecule has 10 nitrogen and oxygen atoms in total. The maximum Gasteiger partial charge on any atom is 0.273 e. The van der Waals surface area contributed by atoms with E-state index < -0.39 is 9.85 Å². The average molecular weight is 378 g/mol. The molecule has 27 heavy (non-hydrogen) atoms. The first-order valence-electron chi connectivity index (χ1n) is 7.86. The molecule has 0 aliphatic rings. The highest BCUT2D eigenvalue weighted by Gasteiger charge is 2.13. The van der Waals surface area contributed by atoms with Gasteiger partial charge in [0.05, 0.1) is 49.4 Å². The SMILES string of the molecule is COc1cc([N+](=O)[O-])ccc1OCCCOc1ccc([N+](=O)[O-])cc1OC. The van der Waals surface area contributed by atoms with E-state index in [4.69, 9.17) is 18.9 Å². The van der Waals surface area contributed by atoms with Crippen LogP contribution < -0.4 is 18.9 Å². The van der Waals surface area contributed by atoms with Crippen molar-refractivity contribution in [2.75, 3.05) is 27.4 Å². The fraction of sp³-hybridized carbons (Fsp3) is 0.294. The van der Waals surface area contributed by atoms with Gasteiger partial charge in [-0.05, 0) is 12.1 Å². The minimum absolute atomic E-state index is 0.0900. The Morgan fingerprint density at radius 1 is 0.741 bits per heavy atom. The number of nitro benzene ring substituents is 2. The van der Waals surface area contributed by atoms with Crippen molar-refractivity contribution in [3.05, 3.63) is 56.6 Å². The third-order valence-corrected chi connectivity index (χ3v) is 3.52. The average Bonchev–Trinajstić information content (AvgIpc) is 2.67. The molecule has 0 amide bonds. The number of non-ortho nitro benzene ring substituents is 2. The molecule has 0 aliphatic carbocycles. The minimum Gasteiger partial charge on any atom is -0.493 e. The molecule has 0 saturated heterocycles. The lowest BCUT2D eigenvalue weighted by Gasteiger charge is -2.12. The Bertz CT molecular complexity index is 757. The molecule has 0 aromatic heterocycles. The van der Waals surface area contributed by atoms with Gasteiger partial charge in [-0.1, -0.05) is 0 Å². The van der Waals surface area contributed by atoms with Crippen molar-refractivity contribution in [2.45, 2.75) is 6.42 Å². The standard InChI is InChI=1S/C17H18N2O8/c1-24-16-10-12(18(20)21)4-6-14(16)26-8-3-9-27-15-7-5-13(19(22)23)11-17(15)25-2/h4-7,10-11H,3,8-9H2,1-2H3. The van der Waals surface area contributed by atoms with E-state index in [1.165, 1.54) is 50.6 Å². The second kappa shape index (κ2) is 9.22. The summed E-state index contributed by atoms with van der Waals surface area (Å²) in [5.41, 5.74) is -0.180. The minimum atomic E-state index is -0.516. The first kappa shape index (κ1) is 19.8.